The van der Waals surface area contributed by atoms with Crippen LogP contribution < -0.4 is 0 Å². The molecule has 1 unspecified atom stereocenters. The molecule has 1 aliphatic heterocycles. The van der Waals surface area contributed by atoms with Gasteiger partial charge in [-0.15, -0.1) is 11.3 Å². The molecule has 1 fully saturated rings. The van der Waals surface area contributed by atoms with Crippen LogP contribution in [-0.4, -0.2) is 42.7 Å². The molecule has 1 aromatic heterocycles. The normalized spacial score (nSPS) is 18.1. The Bertz CT molecular complexity index is 1490. The molecule has 1 amide bonds. The zero-order valence-electron chi connectivity index (χ0n) is 19.2. The zero-order chi connectivity index (χ0) is 24.0. The number of sulfonamides is 1. The average Bonchev–Trinajstić information content (AvgIpc) is 3.61. The number of carbonyl (C=O) groups is 1. The topological polar surface area (TPSA) is 57.7 Å². The first kappa shape index (κ1) is 22.5. The predicted octanol–water partition coefficient (Wildman–Crippen LogP) is 5.23. The van der Waals surface area contributed by atoms with Crippen molar-refractivity contribution in [1.29, 1.82) is 0 Å². The molecular weight excluding hydrogens is 476 g/mol. The number of hydrogen-bond acceptors (Lipinski definition) is 4. The molecule has 6 rings (SSSR count). The molecule has 35 heavy (non-hydrogen) atoms. The number of amides is 1. The van der Waals surface area contributed by atoms with Gasteiger partial charge in [0.25, 0.3) is 0 Å². The molecule has 7 heteroatoms. The van der Waals surface area contributed by atoms with Crippen molar-refractivity contribution in [3.8, 4) is 0 Å². The maximum atomic E-state index is 13.9. The van der Waals surface area contributed by atoms with Gasteiger partial charge in [0.15, 0.2) is 0 Å². The van der Waals surface area contributed by atoms with Gasteiger partial charge in [0, 0.05) is 22.8 Å². The number of fused-ring (bicyclic) bond motifs is 2. The second kappa shape index (κ2) is 8.90. The van der Waals surface area contributed by atoms with Crippen molar-refractivity contribution in [2.24, 2.45) is 0 Å². The molecule has 5 nitrogen and oxygen atoms in total. The van der Waals surface area contributed by atoms with E-state index >= 15 is 0 Å². The van der Waals surface area contributed by atoms with Gasteiger partial charge < -0.3 is 4.90 Å². The van der Waals surface area contributed by atoms with Gasteiger partial charge in [0.1, 0.15) is 0 Å². The minimum Gasteiger partial charge on any atom is -0.330 e. The van der Waals surface area contributed by atoms with Gasteiger partial charge >= 0.3 is 0 Å². The van der Waals surface area contributed by atoms with E-state index in [0.29, 0.717) is 11.9 Å². The van der Waals surface area contributed by atoms with E-state index in [1.165, 1.54) is 9.18 Å². The highest BCUT2D eigenvalue weighted by Crippen LogP contribution is 2.39. The zero-order valence-corrected chi connectivity index (χ0v) is 20.8. The standard InChI is InChI=1S/C28H26N2O3S2/c31-27(29-17-15-25-24(16-18-34-25)28(29)21-8-2-1-3-9-21)19-30(22-13-14-22)35(32,33)26-12-6-10-20-7-4-5-11-23(20)26/h1-12,16,18,22,28H,13-15,17,19H2. The molecule has 1 atom stereocenters. The summed E-state index contributed by atoms with van der Waals surface area (Å²) < 4.78 is 29.3. The van der Waals surface area contributed by atoms with E-state index in [2.05, 4.69) is 11.4 Å². The highest BCUT2D eigenvalue weighted by Gasteiger charge is 2.42. The van der Waals surface area contributed by atoms with Crippen LogP contribution in [-0.2, 0) is 21.2 Å². The van der Waals surface area contributed by atoms with E-state index in [1.807, 2.05) is 65.6 Å². The number of thiophene rings is 1. The Labute approximate surface area is 209 Å². The maximum absolute atomic E-state index is 13.9. The molecule has 178 valence electrons. The summed E-state index contributed by atoms with van der Waals surface area (Å²) in [7, 11) is -3.84. The van der Waals surface area contributed by atoms with Crippen molar-refractivity contribution in [3.63, 3.8) is 0 Å². The van der Waals surface area contributed by atoms with Crippen LogP contribution in [0.3, 0.4) is 0 Å². The highest BCUT2D eigenvalue weighted by molar-refractivity contribution is 7.89. The fourth-order valence-electron chi connectivity index (χ4n) is 5.12. The fraction of sp³-hybridized carbons (Fsp3) is 0.250. The lowest BCUT2D eigenvalue weighted by Crippen LogP contribution is -2.47. The molecule has 3 aromatic carbocycles. The number of benzene rings is 3. The lowest BCUT2D eigenvalue weighted by atomic mass is 9.93. The molecule has 0 N–H and O–H groups in total. The second-order valence-corrected chi connectivity index (χ2v) is 12.1. The third kappa shape index (κ3) is 4.07. The summed E-state index contributed by atoms with van der Waals surface area (Å²) in [5.41, 5.74) is 2.20. The first-order valence-corrected chi connectivity index (χ1v) is 14.3. The van der Waals surface area contributed by atoms with Crippen LogP contribution in [0.5, 0.6) is 0 Å². The van der Waals surface area contributed by atoms with Gasteiger partial charge in [-0.3, -0.25) is 4.79 Å². The molecule has 1 aliphatic carbocycles. The fourth-order valence-corrected chi connectivity index (χ4v) is 7.88. The van der Waals surface area contributed by atoms with Crippen molar-refractivity contribution in [3.05, 3.63) is 100 Å². The van der Waals surface area contributed by atoms with E-state index in [1.54, 1.807) is 23.5 Å². The molecule has 0 spiro atoms. The minimum atomic E-state index is -3.84. The second-order valence-electron chi connectivity index (χ2n) is 9.21. The van der Waals surface area contributed by atoms with Crippen LogP contribution in [0, 0.1) is 0 Å². The SMILES string of the molecule is O=C(CN(C1CC1)S(=O)(=O)c1cccc2ccccc12)N1CCc2sccc2C1c1ccccc1. The Morgan fingerprint density at radius 2 is 1.69 bits per heavy atom. The van der Waals surface area contributed by atoms with Gasteiger partial charge in [-0.1, -0.05) is 66.7 Å². The summed E-state index contributed by atoms with van der Waals surface area (Å²) in [5, 5.41) is 3.65. The summed E-state index contributed by atoms with van der Waals surface area (Å²) in [5.74, 6) is -0.147. The molecule has 2 heterocycles. The first-order valence-electron chi connectivity index (χ1n) is 11.9. The molecule has 2 aliphatic rings. The Balaban J connectivity index is 1.35. The summed E-state index contributed by atoms with van der Waals surface area (Å²) >= 11 is 1.72. The Kier molecular flexibility index (Phi) is 5.71. The number of nitrogens with zero attached hydrogens (tertiary/aromatic N) is 2. The quantitative estimate of drug-likeness (QED) is 0.363. The van der Waals surface area contributed by atoms with E-state index in [0.717, 1.165) is 35.8 Å². The highest BCUT2D eigenvalue weighted by atomic mass is 32.2. The third-order valence-electron chi connectivity index (χ3n) is 6.98. The van der Waals surface area contributed by atoms with Crippen LogP contribution in [0.1, 0.15) is 34.9 Å². The van der Waals surface area contributed by atoms with Crippen molar-refractivity contribution < 1.29 is 13.2 Å². The van der Waals surface area contributed by atoms with Gasteiger partial charge in [0.2, 0.25) is 15.9 Å². The maximum Gasteiger partial charge on any atom is 0.244 e. The number of carbonyl (C=O) groups excluding carboxylic acids is 1. The number of hydrogen-bond donors (Lipinski definition) is 0. The van der Waals surface area contributed by atoms with Gasteiger partial charge in [0.05, 0.1) is 17.5 Å². The molecule has 0 saturated heterocycles. The van der Waals surface area contributed by atoms with Crippen LogP contribution in [0.15, 0.2) is 89.1 Å². The van der Waals surface area contributed by atoms with E-state index in [9.17, 15) is 13.2 Å². The van der Waals surface area contributed by atoms with Crippen LogP contribution >= 0.6 is 11.3 Å². The van der Waals surface area contributed by atoms with Crippen molar-refractivity contribution in [1.82, 2.24) is 9.21 Å². The summed E-state index contributed by atoms with van der Waals surface area (Å²) in [6.07, 6.45) is 2.36. The van der Waals surface area contributed by atoms with Gasteiger partial charge in [-0.05, 0) is 53.3 Å². The van der Waals surface area contributed by atoms with Crippen molar-refractivity contribution in [2.45, 2.75) is 36.2 Å². The summed E-state index contributed by atoms with van der Waals surface area (Å²) in [6.45, 7) is 0.442. The van der Waals surface area contributed by atoms with Crippen LogP contribution in [0.4, 0.5) is 0 Å². The number of rotatable bonds is 6. The van der Waals surface area contributed by atoms with E-state index in [-0.39, 0.29) is 29.4 Å². The summed E-state index contributed by atoms with van der Waals surface area (Å²) in [6, 6.07) is 24.7. The van der Waals surface area contributed by atoms with Crippen molar-refractivity contribution >= 4 is 38.0 Å². The third-order valence-corrected chi connectivity index (χ3v) is 9.94. The Hall–Kier alpha value is -3.00. The van der Waals surface area contributed by atoms with Crippen molar-refractivity contribution in [2.75, 3.05) is 13.1 Å². The molecule has 4 aromatic rings. The molecule has 0 bridgehead atoms. The smallest absolute Gasteiger partial charge is 0.244 e. The first-order chi connectivity index (χ1) is 17.0. The molecule has 0 radical (unpaired) electrons. The van der Waals surface area contributed by atoms with Crippen LogP contribution in [0.25, 0.3) is 10.8 Å². The average molecular weight is 503 g/mol. The van der Waals surface area contributed by atoms with E-state index in [4.69, 9.17) is 0 Å². The lowest BCUT2D eigenvalue weighted by Gasteiger charge is -2.37. The Morgan fingerprint density at radius 3 is 2.49 bits per heavy atom. The largest absolute Gasteiger partial charge is 0.330 e. The lowest BCUT2D eigenvalue weighted by molar-refractivity contribution is -0.133. The Morgan fingerprint density at radius 1 is 0.943 bits per heavy atom. The summed E-state index contributed by atoms with van der Waals surface area (Å²) in [4.78, 5) is 17.3. The predicted molar refractivity (Wildman–Crippen MR) is 139 cm³/mol. The minimum absolute atomic E-state index is 0.125. The van der Waals surface area contributed by atoms with Gasteiger partial charge in [-0.25, -0.2) is 8.42 Å². The molecule has 1 saturated carbocycles. The van der Waals surface area contributed by atoms with Gasteiger partial charge in [-0.2, -0.15) is 4.31 Å². The molecular formula is C28H26N2O3S2. The van der Waals surface area contributed by atoms with Crippen LogP contribution in [0.2, 0.25) is 0 Å². The van der Waals surface area contributed by atoms with E-state index < -0.39 is 10.0 Å². The monoisotopic (exact) mass is 502 g/mol.